The van der Waals surface area contributed by atoms with Gasteiger partial charge in [0.15, 0.2) is 0 Å². The van der Waals surface area contributed by atoms with Gasteiger partial charge in [0.05, 0.1) is 0 Å². The van der Waals surface area contributed by atoms with Gasteiger partial charge < -0.3 is 11.1 Å². The molecule has 0 aromatic heterocycles. The summed E-state index contributed by atoms with van der Waals surface area (Å²) in [5.74, 6) is 1.01. The van der Waals surface area contributed by atoms with Crippen molar-refractivity contribution < 1.29 is 0 Å². The van der Waals surface area contributed by atoms with Crippen LogP contribution in [-0.2, 0) is 0 Å². The number of hydrogen-bond acceptors (Lipinski definition) is 2. The molecular weight excluding hydrogens is 184 g/mol. The van der Waals surface area contributed by atoms with Gasteiger partial charge in [-0.2, -0.15) is 0 Å². The number of hydrogen-bond donors (Lipinski definition) is 2. The van der Waals surface area contributed by atoms with Crippen molar-refractivity contribution in [3.05, 3.63) is 0 Å². The maximum absolute atomic E-state index is 5.70. The van der Waals surface area contributed by atoms with E-state index in [0.717, 1.165) is 18.9 Å². The summed E-state index contributed by atoms with van der Waals surface area (Å²) in [7, 11) is 0. The third kappa shape index (κ3) is 6.91. The molecule has 0 spiro atoms. The Morgan fingerprint density at radius 1 is 1.20 bits per heavy atom. The van der Waals surface area contributed by atoms with Crippen molar-refractivity contribution in [3.63, 3.8) is 0 Å². The highest BCUT2D eigenvalue weighted by Crippen LogP contribution is 2.25. The van der Waals surface area contributed by atoms with E-state index in [9.17, 15) is 0 Å². The Kier molecular flexibility index (Phi) is 7.03. The van der Waals surface area contributed by atoms with Gasteiger partial charge in [-0.05, 0) is 45.2 Å². The second-order valence-corrected chi connectivity index (χ2v) is 5.16. The number of nitrogens with one attached hydrogen (secondary N) is 1. The van der Waals surface area contributed by atoms with Crippen LogP contribution in [-0.4, -0.2) is 19.1 Å². The Morgan fingerprint density at radius 3 is 2.60 bits per heavy atom. The minimum absolute atomic E-state index is 0.366. The van der Waals surface area contributed by atoms with Gasteiger partial charge in [-0.25, -0.2) is 0 Å². The van der Waals surface area contributed by atoms with Crippen LogP contribution in [0.4, 0.5) is 0 Å². The Balaban J connectivity index is 1.83. The molecule has 1 unspecified atom stereocenters. The standard InChI is InChI=1S/C13H28N2/c1-12(14)6-5-10-15-11-9-13-7-3-2-4-8-13/h12-13,15H,2-11,14H2,1H3. The minimum Gasteiger partial charge on any atom is -0.328 e. The molecule has 1 atom stereocenters. The Morgan fingerprint density at radius 2 is 1.93 bits per heavy atom. The van der Waals surface area contributed by atoms with Crippen molar-refractivity contribution in [2.24, 2.45) is 11.7 Å². The van der Waals surface area contributed by atoms with E-state index in [0.29, 0.717) is 6.04 Å². The van der Waals surface area contributed by atoms with Crippen LogP contribution in [0.1, 0.15) is 58.3 Å². The molecule has 0 aromatic carbocycles. The minimum atomic E-state index is 0.366. The summed E-state index contributed by atoms with van der Waals surface area (Å²) in [6.07, 6.45) is 11.1. The third-order valence-corrected chi connectivity index (χ3v) is 3.47. The molecular formula is C13H28N2. The molecule has 90 valence electrons. The molecule has 1 saturated carbocycles. The molecule has 0 saturated heterocycles. The van der Waals surface area contributed by atoms with E-state index < -0.39 is 0 Å². The van der Waals surface area contributed by atoms with Crippen molar-refractivity contribution in [2.45, 2.75) is 64.3 Å². The molecule has 0 aromatic rings. The van der Waals surface area contributed by atoms with Crippen molar-refractivity contribution in [1.82, 2.24) is 5.32 Å². The molecule has 1 aliphatic rings. The van der Waals surface area contributed by atoms with Gasteiger partial charge in [0.2, 0.25) is 0 Å². The van der Waals surface area contributed by atoms with Gasteiger partial charge in [-0.1, -0.05) is 32.1 Å². The van der Waals surface area contributed by atoms with Crippen LogP contribution in [0.3, 0.4) is 0 Å². The molecule has 2 heteroatoms. The van der Waals surface area contributed by atoms with Gasteiger partial charge in [-0.3, -0.25) is 0 Å². The topological polar surface area (TPSA) is 38.0 Å². The Labute approximate surface area is 95.0 Å². The lowest BCUT2D eigenvalue weighted by atomic mass is 9.87. The first kappa shape index (κ1) is 13.0. The molecule has 0 amide bonds. The van der Waals surface area contributed by atoms with Crippen LogP contribution < -0.4 is 11.1 Å². The first-order chi connectivity index (χ1) is 7.29. The maximum Gasteiger partial charge on any atom is 0.00109 e. The predicted molar refractivity (Wildman–Crippen MR) is 66.9 cm³/mol. The monoisotopic (exact) mass is 212 g/mol. The van der Waals surface area contributed by atoms with Crippen LogP contribution in [0.5, 0.6) is 0 Å². The highest BCUT2D eigenvalue weighted by molar-refractivity contribution is 4.66. The summed E-state index contributed by atoms with van der Waals surface area (Å²) in [6.45, 7) is 4.44. The molecule has 0 bridgehead atoms. The van der Waals surface area contributed by atoms with Crippen LogP contribution in [0.2, 0.25) is 0 Å². The quantitative estimate of drug-likeness (QED) is 0.637. The van der Waals surface area contributed by atoms with Crippen LogP contribution >= 0.6 is 0 Å². The molecule has 0 heterocycles. The fourth-order valence-electron chi connectivity index (χ4n) is 2.46. The molecule has 3 N–H and O–H groups in total. The smallest absolute Gasteiger partial charge is 0.00109 e. The first-order valence-electron chi connectivity index (χ1n) is 6.75. The summed E-state index contributed by atoms with van der Waals surface area (Å²) >= 11 is 0. The fourth-order valence-corrected chi connectivity index (χ4v) is 2.46. The zero-order valence-electron chi connectivity index (χ0n) is 10.3. The van der Waals surface area contributed by atoms with E-state index in [4.69, 9.17) is 5.73 Å². The molecule has 1 aliphatic carbocycles. The Bertz CT molecular complexity index is 139. The van der Waals surface area contributed by atoms with Crippen molar-refractivity contribution in [1.29, 1.82) is 0 Å². The second kappa shape index (κ2) is 8.12. The largest absolute Gasteiger partial charge is 0.328 e. The lowest BCUT2D eigenvalue weighted by Gasteiger charge is -2.21. The number of rotatable bonds is 7. The van der Waals surface area contributed by atoms with Gasteiger partial charge >= 0.3 is 0 Å². The molecule has 2 nitrogen and oxygen atoms in total. The van der Waals surface area contributed by atoms with E-state index in [1.807, 2.05) is 0 Å². The van der Waals surface area contributed by atoms with E-state index >= 15 is 0 Å². The van der Waals surface area contributed by atoms with E-state index in [-0.39, 0.29) is 0 Å². The normalized spacial score (nSPS) is 20.4. The van der Waals surface area contributed by atoms with Crippen molar-refractivity contribution in [3.8, 4) is 0 Å². The predicted octanol–water partition coefficient (Wildman–Crippen LogP) is 2.67. The molecule has 0 radical (unpaired) electrons. The van der Waals surface area contributed by atoms with E-state index in [1.54, 1.807) is 0 Å². The molecule has 15 heavy (non-hydrogen) atoms. The van der Waals surface area contributed by atoms with Gasteiger partial charge in [0, 0.05) is 6.04 Å². The van der Waals surface area contributed by atoms with Gasteiger partial charge in [0.1, 0.15) is 0 Å². The summed E-state index contributed by atoms with van der Waals surface area (Å²) in [5.41, 5.74) is 5.70. The summed E-state index contributed by atoms with van der Waals surface area (Å²) in [5, 5.41) is 3.53. The van der Waals surface area contributed by atoms with Crippen molar-refractivity contribution in [2.75, 3.05) is 13.1 Å². The summed E-state index contributed by atoms with van der Waals surface area (Å²) < 4.78 is 0. The van der Waals surface area contributed by atoms with E-state index in [1.165, 1.54) is 51.5 Å². The summed E-state index contributed by atoms with van der Waals surface area (Å²) in [4.78, 5) is 0. The Hall–Kier alpha value is -0.0800. The lowest BCUT2D eigenvalue weighted by molar-refractivity contribution is 0.333. The zero-order chi connectivity index (χ0) is 10.9. The zero-order valence-corrected chi connectivity index (χ0v) is 10.3. The third-order valence-electron chi connectivity index (χ3n) is 3.47. The molecule has 1 fully saturated rings. The van der Waals surface area contributed by atoms with Gasteiger partial charge in [-0.15, -0.1) is 0 Å². The molecule has 0 aliphatic heterocycles. The lowest BCUT2D eigenvalue weighted by Crippen LogP contribution is -2.22. The fraction of sp³-hybridized carbons (Fsp3) is 1.00. The number of nitrogens with two attached hydrogens (primary N) is 1. The second-order valence-electron chi connectivity index (χ2n) is 5.16. The van der Waals surface area contributed by atoms with E-state index in [2.05, 4.69) is 12.2 Å². The summed E-state index contributed by atoms with van der Waals surface area (Å²) in [6, 6.07) is 0.366. The maximum atomic E-state index is 5.70. The van der Waals surface area contributed by atoms with Crippen molar-refractivity contribution >= 4 is 0 Å². The average Bonchev–Trinajstić information content (AvgIpc) is 2.24. The molecule has 1 rings (SSSR count). The SMILES string of the molecule is CC(N)CCCNCCC1CCCCC1. The van der Waals surface area contributed by atoms with Crippen LogP contribution in [0.25, 0.3) is 0 Å². The van der Waals surface area contributed by atoms with Gasteiger partial charge in [0.25, 0.3) is 0 Å². The highest BCUT2D eigenvalue weighted by atomic mass is 14.8. The average molecular weight is 212 g/mol. The highest BCUT2D eigenvalue weighted by Gasteiger charge is 2.12. The van der Waals surface area contributed by atoms with Crippen LogP contribution in [0.15, 0.2) is 0 Å². The van der Waals surface area contributed by atoms with Crippen LogP contribution in [0, 0.1) is 5.92 Å². The first-order valence-corrected chi connectivity index (χ1v) is 6.75.